The average molecular weight is 473 g/mol. The van der Waals surface area contributed by atoms with Crippen molar-refractivity contribution >= 4 is 16.9 Å². The summed E-state index contributed by atoms with van der Waals surface area (Å²) in [5, 5.41) is 11.4. The summed E-state index contributed by atoms with van der Waals surface area (Å²) in [6.07, 6.45) is 6.16. The van der Waals surface area contributed by atoms with Crippen molar-refractivity contribution in [3.05, 3.63) is 59.8 Å². The lowest BCUT2D eigenvalue weighted by Crippen LogP contribution is -2.40. The number of nitrogens with zero attached hydrogens (tertiary/aromatic N) is 6. The predicted molar refractivity (Wildman–Crippen MR) is 136 cm³/mol. The lowest BCUT2D eigenvalue weighted by Gasteiger charge is -2.30. The van der Waals surface area contributed by atoms with Crippen LogP contribution in [0.3, 0.4) is 0 Å². The van der Waals surface area contributed by atoms with E-state index in [-0.39, 0.29) is 12.0 Å². The number of carbonyl (C=O) groups excluding carboxylic acids is 1. The number of carbonyl (C=O) groups is 1. The van der Waals surface area contributed by atoms with Crippen molar-refractivity contribution in [2.75, 3.05) is 6.54 Å². The van der Waals surface area contributed by atoms with Crippen molar-refractivity contribution in [1.82, 2.24) is 29.4 Å². The lowest BCUT2D eigenvalue weighted by molar-refractivity contribution is 0.0220. The molecule has 0 spiro atoms. The van der Waals surface area contributed by atoms with Crippen molar-refractivity contribution in [1.29, 1.82) is 0 Å². The molecule has 4 heterocycles. The zero-order valence-electron chi connectivity index (χ0n) is 21.2. The zero-order chi connectivity index (χ0) is 24.9. The molecule has 1 aliphatic rings. The van der Waals surface area contributed by atoms with Crippen molar-refractivity contribution in [3.8, 4) is 16.9 Å². The molecule has 0 fully saturated rings. The van der Waals surface area contributed by atoms with Crippen molar-refractivity contribution in [3.63, 3.8) is 0 Å². The Balaban J connectivity index is 1.58. The van der Waals surface area contributed by atoms with Gasteiger partial charge in [0.1, 0.15) is 5.60 Å². The first-order valence-electron chi connectivity index (χ1n) is 12.1. The fraction of sp³-hybridized carbons (Fsp3) is 0.407. The third-order valence-corrected chi connectivity index (χ3v) is 6.26. The van der Waals surface area contributed by atoms with E-state index < -0.39 is 5.60 Å². The van der Waals surface area contributed by atoms with Crippen LogP contribution in [0.15, 0.2) is 42.9 Å². The number of ether oxygens (including phenoxy) is 1. The molecular formula is C27H32N6O2. The molecule has 0 bridgehead atoms. The summed E-state index contributed by atoms with van der Waals surface area (Å²) < 4.78 is 9.44. The molecule has 3 aromatic heterocycles. The number of benzene rings is 1. The predicted octanol–water partition coefficient (Wildman–Crippen LogP) is 5.24. The van der Waals surface area contributed by atoms with E-state index in [0.717, 1.165) is 45.5 Å². The first-order chi connectivity index (χ1) is 16.6. The highest BCUT2D eigenvalue weighted by molar-refractivity contribution is 5.91. The molecule has 0 N–H and O–H groups in total. The van der Waals surface area contributed by atoms with Gasteiger partial charge in [-0.3, -0.25) is 9.67 Å². The van der Waals surface area contributed by atoms with E-state index in [1.54, 1.807) is 9.58 Å². The number of amides is 1. The van der Waals surface area contributed by atoms with Crippen LogP contribution >= 0.6 is 0 Å². The van der Waals surface area contributed by atoms with Gasteiger partial charge in [0.2, 0.25) is 0 Å². The Kier molecular flexibility index (Phi) is 5.62. The van der Waals surface area contributed by atoms with Crippen molar-refractivity contribution < 1.29 is 9.53 Å². The first-order valence-corrected chi connectivity index (χ1v) is 12.1. The molecule has 8 nitrogen and oxygen atoms in total. The standard InChI is InChI=1S/C27H32N6O2/c1-17(2)25-20-10-11-32(26(34)35-27(3,4)5)16-24(20)33(30-25)23-9-7-8-18-12-22(28-14-21(18)23)19-13-29-31(6)15-19/h7-9,12-15,17H,10-11,16H2,1-6H3. The minimum atomic E-state index is -0.534. The SMILES string of the molecule is CC(C)c1nn(-c2cccc3cc(-c4cnn(C)c4)ncc23)c2c1CCN(C(=O)OC(C)(C)C)C2. The van der Waals surface area contributed by atoms with Crippen LogP contribution < -0.4 is 0 Å². The van der Waals surface area contributed by atoms with Crippen LogP contribution in [-0.2, 0) is 24.8 Å². The highest BCUT2D eigenvalue weighted by Crippen LogP contribution is 2.33. The van der Waals surface area contributed by atoms with E-state index in [0.29, 0.717) is 13.1 Å². The van der Waals surface area contributed by atoms with E-state index in [9.17, 15) is 4.79 Å². The minimum absolute atomic E-state index is 0.281. The lowest BCUT2D eigenvalue weighted by atomic mass is 9.98. The quantitative estimate of drug-likeness (QED) is 0.408. The summed E-state index contributed by atoms with van der Waals surface area (Å²) in [7, 11) is 1.90. The number of fused-ring (bicyclic) bond motifs is 2. The molecule has 1 aliphatic heterocycles. The van der Waals surface area contributed by atoms with Gasteiger partial charge in [0.15, 0.2) is 0 Å². The number of hydrogen-bond acceptors (Lipinski definition) is 5. The van der Waals surface area contributed by atoms with E-state index in [4.69, 9.17) is 14.8 Å². The van der Waals surface area contributed by atoms with Crippen LogP contribution in [0.2, 0.25) is 0 Å². The number of pyridine rings is 1. The monoisotopic (exact) mass is 472 g/mol. The number of hydrogen-bond donors (Lipinski definition) is 0. The van der Waals surface area contributed by atoms with Gasteiger partial charge < -0.3 is 9.64 Å². The summed E-state index contributed by atoms with van der Waals surface area (Å²) in [6, 6.07) is 8.29. The van der Waals surface area contributed by atoms with Crippen LogP contribution in [0, 0.1) is 0 Å². The summed E-state index contributed by atoms with van der Waals surface area (Å²) in [5.41, 5.74) is 5.64. The Labute approximate surface area is 205 Å². The van der Waals surface area contributed by atoms with Gasteiger partial charge in [-0.25, -0.2) is 9.48 Å². The molecule has 0 atom stereocenters. The Morgan fingerprint density at radius 1 is 1.17 bits per heavy atom. The summed E-state index contributed by atoms with van der Waals surface area (Å²) in [4.78, 5) is 19.4. The number of rotatable bonds is 3. The molecule has 0 saturated carbocycles. The van der Waals surface area contributed by atoms with E-state index in [1.165, 1.54) is 5.56 Å². The molecule has 0 saturated heterocycles. The smallest absolute Gasteiger partial charge is 0.410 e. The van der Waals surface area contributed by atoms with Crippen LogP contribution in [0.5, 0.6) is 0 Å². The third kappa shape index (κ3) is 4.40. The molecule has 182 valence electrons. The van der Waals surface area contributed by atoms with Gasteiger partial charge in [0.05, 0.1) is 35.5 Å². The fourth-order valence-corrected chi connectivity index (χ4v) is 4.64. The Morgan fingerprint density at radius 2 is 1.97 bits per heavy atom. The first kappa shape index (κ1) is 23.1. The molecule has 5 rings (SSSR count). The second kappa shape index (κ2) is 8.52. The second-order valence-electron chi connectivity index (χ2n) is 10.5. The third-order valence-electron chi connectivity index (χ3n) is 6.26. The van der Waals surface area contributed by atoms with Gasteiger partial charge in [-0.2, -0.15) is 10.2 Å². The number of aryl methyl sites for hydroxylation is 1. The Hall–Kier alpha value is -3.68. The van der Waals surface area contributed by atoms with Gasteiger partial charge >= 0.3 is 6.09 Å². The number of aromatic nitrogens is 5. The van der Waals surface area contributed by atoms with E-state index >= 15 is 0 Å². The molecule has 0 radical (unpaired) electrons. The van der Waals surface area contributed by atoms with Crippen molar-refractivity contribution in [2.24, 2.45) is 7.05 Å². The molecular weight excluding hydrogens is 440 g/mol. The highest BCUT2D eigenvalue weighted by atomic mass is 16.6. The van der Waals surface area contributed by atoms with Crippen LogP contribution in [0.1, 0.15) is 57.5 Å². The minimum Gasteiger partial charge on any atom is -0.444 e. The topological polar surface area (TPSA) is 78.1 Å². The average Bonchev–Trinajstić information content (AvgIpc) is 3.40. The maximum absolute atomic E-state index is 12.9. The molecule has 8 heteroatoms. The maximum Gasteiger partial charge on any atom is 0.410 e. The van der Waals surface area contributed by atoms with Crippen LogP contribution in [-0.4, -0.2) is 47.7 Å². The Bertz CT molecular complexity index is 1410. The maximum atomic E-state index is 12.9. The molecule has 35 heavy (non-hydrogen) atoms. The zero-order valence-corrected chi connectivity index (χ0v) is 21.2. The van der Waals surface area contributed by atoms with E-state index in [2.05, 4.69) is 37.1 Å². The molecule has 1 amide bonds. The van der Waals surface area contributed by atoms with E-state index in [1.807, 2.05) is 57.2 Å². The van der Waals surface area contributed by atoms with Gasteiger partial charge in [-0.15, -0.1) is 0 Å². The van der Waals surface area contributed by atoms with Gasteiger partial charge in [0, 0.05) is 42.5 Å². The molecule has 1 aromatic carbocycles. The Morgan fingerprint density at radius 3 is 2.66 bits per heavy atom. The highest BCUT2D eigenvalue weighted by Gasteiger charge is 2.31. The molecule has 0 aliphatic carbocycles. The normalized spacial score (nSPS) is 14.0. The second-order valence-corrected chi connectivity index (χ2v) is 10.5. The van der Waals surface area contributed by atoms with Gasteiger partial charge in [-0.05, 0) is 50.6 Å². The largest absolute Gasteiger partial charge is 0.444 e. The van der Waals surface area contributed by atoms with Crippen molar-refractivity contribution in [2.45, 2.75) is 59.1 Å². The summed E-state index contributed by atoms with van der Waals surface area (Å²) in [5.74, 6) is 0.281. The molecule has 4 aromatic rings. The fourth-order valence-electron chi connectivity index (χ4n) is 4.64. The van der Waals surface area contributed by atoms with Gasteiger partial charge in [-0.1, -0.05) is 26.0 Å². The molecule has 0 unspecified atom stereocenters. The van der Waals surface area contributed by atoms with Gasteiger partial charge in [0.25, 0.3) is 0 Å². The summed E-state index contributed by atoms with van der Waals surface area (Å²) in [6.45, 7) is 11.1. The van der Waals surface area contributed by atoms with Crippen LogP contribution in [0.4, 0.5) is 4.79 Å². The van der Waals surface area contributed by atoms with Crippen LogP contribution in [0.25, 0.3) is 27.7 Å². The summed E-state index contributed by atoms with van der Waals surface area (Å²) >= 11 is 0.